The second-order valence-corrected chi connectivity index (χ2v) is 7.72. The minimum atomic E-state index is -0.161. The molecule has 27 heavy (non-hydrogen) atoms. The number of rotatable bonds is 2. The summed E-state index contributed by atoms with van der Waals surface area (Å²) in [6, 6.07) is 7.12. The molecule has 2 bridgehead atoms. The Hall–Kier alpha value is -2.73. The molecule has 6 heterocycles. The zero-order valence-corrected chi connectivity index (χ0v) is 15.0. The molecule has 4 aromatic rings. The third kappa shape index (κ3) is 2.33. The average Bonchev–Trinajstić information content (AvgIpc) is 3.08. The quantitative estimate of drug-likeness (QED) is 0.548. The molecule has 3 aromatic heterocycles. The van der Waals surface area contributed by atoms with Gasteiger partial charge in [0.2, 0.25) is 5.78 Å². The third-order valence-corrected chi connectivity index (χ3v) is 6.14. The molecule has 7 rings (SSSR count). The van der Waals surface area contributed by atoms with Gasteiger partial charge in [-0.15, -0.1) is 0 Å². The van der Waals surface area contributed by atoms with Crippen LogP contribution in [0.5, 0.6) is 0 Å². The molecule has 0 spiro atoms. The minimum absolute atomic E-state index is 0.161. The molecule has 0 radical (unpaired) electrons. The molecular weight excluding hydrogens is 341 g/mol. The monoisotopic (exact) mass is 361 g/mol. The van der Waals surface area contributed by atoms with Gasteiger partial charge in [-0.25, -0.2) is 14.4 Å². The Morgan fingerprint density at radius 1 is 1.19 bits per heavy atom. The fraction of sp³-hybridized carbons (Fsp3) is 0.333. The van der Waals surface area contributed by atoms with Crippen LogP contribution in [-0.4, -0.2) is 36.9 Å². The van der Waals surface area contributed by atoms with Crippen molar-refractivity contribution >= 4 is 16.7 Å². The van der Waals surface area contributed by atoms with E-state index < -0.39 is 0 Å². The van der Waals surface area contributed by atoms with E-state index in [1.165, 1.54) is 24.1 Å². The van der Waals surface area contributed by atoms with E-state index in [4.69, 9.17) is 4.98 Å². The maximum atomic E-state index is 14.0. The topological polar surface area (TPSA) is 38.4 Å². The highest BCUT2D eigenvalue weighted by Crippen LogP contribution is 2.41. The second-order valence-electron chi connectivity index (χ2n) is 7.72. The van der Waals surface area contributed by atoms with Crippen molar-refractivity contribution in [2.45, 2.75) is 31.8 Å². The Bertz CT molecular complexity index is 1130. The number of aromatic nitrogens is 4. The first kappa shape index (κ1) is 15.3. The Labute approximate surface area is 156 Å². The highest BCUT2D eigenvalue weighted by atomic mass is 19.1. The summed E-state index contributed by atoms with van der Waals surface area (Å²) in [6.45, 7) is 3.88. The van der Waals surface area contributed by atoms with Gasteiger partial charge < -0.3 is 4.57 Å². The van der Waals surface area contributed by atoms with Crippen molar-refractivity contribution in [2.75, 3.05) is 13.1 Å². The summed E-state index contributed by atoms with van der Waals surface area (Å²) in [5.74, 6) is 1.10. The van der Waals surface area contributed by atoms with Gasteiger partial charge in [-0.3, -0.25) is 9.30 Å². The molecule has 0 aliphatic carbocycles. The lowest BCUT2D eigenvalue weighted by Crippen LogP contribution is -2.29. The van der Waals surface area contributed by atoms with Gasteiger partial charge >= 0.3 is 0 Å². The summed E-state index contributed by atoms with van der Waals surface area (Å²) in [7, 11) is 0. The van der Waals surface area contributed by atoms with Crippen molar-refractivity contribution < 1.29 is 4.39 Å². The zero-order valence-electron chi connectivity index (χ0n) is 15.0. The van der Waals surface area contributed by atoms with Gasteiger partial charge in [0.05, 0.1) is 12.2 Å². The van der Waals surface area contributed by atoms with Crippen LogP contribution in [0.25, 0.3) is 16.7 Å². The summed E-state index contributed by atoms with van der Waals surface area (Å²) in [6.07, 6.45) is 8.13. The number of benzene rings is 1. The fourth-order valence-electron chi connectivity index (χ4n) is 4.93. The largest absolute Gasteiger partial charge is 0.338 e. The molecule has 3 aliphatic heterocycles. The van der Waals surface area contributed by atoms with Gasteiger partial charge in [0.15, 0.2) is 0 Å². The third-order valence-electron chi connectivity index (χ3n) is 6.14. The molecule has 0 atom stereocenters. The van der Waals surface area contributed by atoms with E-state index in [2.05, 4.69) is 14.5 Å². The number of hydrogen-bond donors (Lipinski definition) is 0. The lowest BCUT2D eigenvalue weighted by molar-refractivity contribution is 0.219. The van der Waals surface area contributed by atoms with Crippen LogP contribution in [0.2, 0.25) is 0 Å². The van der Waals surface area contributed by atoms with Crippen LogP contribution in [0.3, 0.4) is 0 Å². The maximum Gasteiger partial charge on any atom is 0.233 e. The van der Waals surface area contributed by atoms with Gasteiger partial charge in [0.1, 0.15) is 5.82 Å². The van der Waals surface area contributed by atoms with Crippen LogP contribution in [0, 0.1) is 5.82 Å². The van der Waals surface area contributed by atoms with Crippen molar-refractivity contribution in [3.63, 3.8) is 0 Å². The smallest absolute Gasteiger partial charge is 0.233 e. The molecule has 136 valence electrons. The lowest BCUT2D eigenvalue weighted by atomic mass is 9.94. The van der Waals surface area contributed by atoms with Crippen LogP contribution in [0.1, 0.15) is 35.7 Å². The molecule has 1 fully saturated rings. The van der Waals surface area contributed by atoms with Crippen molar-refractivity contribution in [1.29, 1.82) is 0 Å². The van der Waals surface area contributed by atoms with E-state index in [9.17, 15) is 4.39 Å². The first-order chi connectivity index (χ1) is 13.3. The number of imidazole rings is 1. The average molecular weight is 361 g/mol. The van der Waals surface area contributed by atoms with E-state index in [1.54, 1.807) is 18.3 Å². The number of fused-ring (bicyclic) bond motifs is 4. The van der Waals surface area contributed by atoms with Crippen molar-refractivity contribution in [2.24, 2.45) is 0 Å². The summed E-state index contributed by atoms with van der Waals surface area (Å²) < 4.78 is 18.4. The van der Waals surface area contributed by atoms with E-state index in [0.29, 0.717) is 18.2 Å². The molecule has 3 aliphatic rings. The predicted octanol–water partition coefficient (Wildman–Crippen LogP) is 3.56. The first-order valence-electron chi connectivity index (χ1n) is 9.58. The summed E-state index contributed by atoms with van der Waals surface area (Å²) >= 11 is 0. The number of hydrogen-bond acceptors (Lipinski definition) is 3. The van der Waals surface area contributed by atoms with Gasteiger partial charge in [-0.1, -0.05) is 0 Å². The SMILES string of the molecule is Fc1ccc2c(c1)c1c(n2Cc2cn3cccnc3n2)C2CCN(CC2)C1. The Balaban J connectivity index is 1.56. The van der Waals surface area contributed by atoms with Gasteiger partial charge in [-0.05, 0) is 55.8 Å². The number of nitrogens with zero attached hydrogens (tertiary/aromatic N) is 5. The minimum Gasteiger partial charge on any atom is -0.338 e. The van der Waals surface area contributed by atoms with E-state index in [-0.39, 0.29) is 5.82 Å². The van der Waals surface area contributed by atoms with E-state index in [1.807, 2.05) is 28.9 Å². The van der Waals surface area contributed by atoms with E-state index >= 15 is 0 Å². The molecule has 0 saturated carbocycles. The van der Waals surface area contributed by atoms with Crippen LogP contribution in [-0.2, 0) is 13.1 Å². The van der Waals surface area contributed by atoms with E-state index in [0.717, 1.165) is 36.2 Å². The Morgan fingerprint density at radius 3 is 2.93 bits per heavy atom. The second kappa shape index (κ2) is 5.63. The van der Waals surface area contributed by atoms with Gasteiger partial charge in [0, 0.05) is 47.7 Å². The van der Waals surface area contributed by atoms with Crippen LogP contribution in [0.15, 0.2) is 42.9 Å². The van der Waals surface area contributed by atoms with Gasteiger partial charge in [-0.2, -0.15) is 0 Å². The van der Waals surface area contributed by atoms with Crippen LogP contribution < -0.4 is 0 Å². The number of halogens is 1. The summed E-state index contributed by atoms with van der Waals surface area (Å²) in [4.78, 5) is 11.5. The molecule has 5 nitrogen and oxygen atoms in total. The standard InChI is InChI=1S/C21H20FN5/c22-15-2-3-19-17(10-15)18-13-25-8-4-14(5-9-25)20(18)27(19)12-16-11-26-7-1-6-23-21(26)24-16/h1-3,6-7,10-11,14H,4-5,8-9,12-13H2. The lowest BCUT2D eigenvalue weighted by Gasteiger charge is -2.27. The van der Waals surface area contributed by atoms with Crippen LogP contribution >= 0.6 is 0 Å². The maximum absolute atomic E-state index is 14.0. The summed E-state index contributed by atoms with van der Waals surface area (Å²) in [5, 5.41) is 1.06. The molecular formula is C21H20FN5. The predicted molar refractivity (Wildman–Crippen MR) is 101 cm³/mol. The Kier molecular flexibility index (Phi) is 3.20. The highest BCUT2D eigenvalue weighted by molar-refractivity contribution is 5.86. The molecule has 1 aromatic carbocycles. The molecule has 0 N–H and O–H groups in total. The zero-order chi connectivity index (χ0) is 18.0. The molecule has 6 heteroatoms. The van der Waals surface area contributed by atoms with Crippen molar-refractivity contribution in [3.05, 3.63) is 65.6 Å². The van der Waals surface area contributed by atoms with Crippen molar-refractivity contribution in [3.8, 4) is 0 Å². The number of piperidine rings is 1. The molecule has 0 unspecified atom stereocenters. The van der Waals surface area contributed by atoms with Crippen LogP contribution in [0.4, 0.5) is 4.39 Å². The molecule has 0 amide bonds. The summed E-state index contributed by atoms with van der Waals surface area (Å²) in [5.41, 5.74) is 4.80. The van der Waals surface area contributed by atoms with Gasteiger partial charge in [0.25, 0.3) is 0 Å². The first-order valence-corrected chi connectivity index (χ1v) is 9.58. The Morgan fingerprint density at radius 2 is 2.07 bits per heavy atom. The highest BCUT2D eigenvalue weighted by Gasteiger charge is 2.32. The van der Waals surface area contributed by atoms with Crippen molar-refractivity contribution in [1.82, 2.24) is 23.8 Å². The normalized spacial score (nSPS) is 21.7. The molecule has 1 saturated heterocycles. The fourth-order valence-corrected chi connectivity index (χ4v) is 4.93.